The Balaban J connectivity index is 2.13. The molecule has 0 aliphatic carbocycles. The van der Waals surface area contributed by atoms with Crippen LogP contribution in [0.2, 0.25) is 0 Å². The van der Waals surface area contributed by atoms with Gasteiger partial charge in [0.2, 0.25) is 47.3 Å². The van der Waals surface area contributed by atoms with Crippen LogP contribution in [0.1, 0.15) is 92.7 Å². The Morgan fingerprint density at radius 1 is 0.556 bits per heavy atom. The summed E-state index contributed by atoms with van der Waals surface area (Å²) in [4.78, 5) is 113. The van der Waals surface area contributed by atoms with E-state index in [-0.39, 0.29) is 25.2 Å². The molecule has 346 valence electrons. The number of hydrogen-bond acceptors (Lipinski definition) is 8. The van der Waals surface area contributed by atoms with Gasteiger partial charge in [-0.15, -0.1) is 0 Å². The Labute approximate surface area is 372 Å². The van der Waals surface area contributed by atoms with E-state index in [1.807, 2.05) is 39.8 Å². The number of nitrogens with one attached hydrogen (secondary N) is 7. The number of hydrogen-bond donors (Lipinski definition) is 7. The van der Waals surface area contributed by atoms with Crippen LogP contribution in [0.4, 0.5) is 0 Å². The van der Waals surface area contributed by atoms with Crippen molar-refractivity contribution in [1.82, 2.24) is 42.1 Å². The van der Waals surface area contributed by atoms with Gasteiger partial charge in [-0.1, -0.05) is 129 Å². The minimum Gasteiger partial charge on any atom is -0.345 e. The van der Waals surface area contributed by atoms with Crippen molar-refractivity contribution in [3.63, 3.8) is 0 Å². The van der Waals surface area contributed by atoms with Gasteiger partial charge in [0.15, 0.2) is 0 Å². The fourth-order valence-corrected chi connectivity index (χ4v) is 7.25. The lowest BCUT2D eigenvalue weighted by Gasteiger charge is -2.35. The third kappa shape index (κ3) is 15.5. The second-order valence-corrected chi connectivity index (χ2v) is 17.6. The summed E-state index contributed by atoms with van der Waals surface area (Å²) in [5.74, 6) is -6.48. The molecule has 63 heavy (non-hydrogen) atoms. The predicted molar refractivity (Wildman–Crippen MR) is 240 cm³/mol. The maximum Gasteiger partial charge on any atom is 0.245 e. The minimum atomic E-state index is -1.18. The van der Waals surface area contributed by atoms with Gasteiger partial charge in [0.05, 0.1) is 6.54 Å². The van der Waals surface area contributed by atoms with Gasteiger partial charge >= 0.3 is 0 Å². The number of likely N-dealkylation sites (N-methyl/N-ethyl adjacent to an activating group) is 1. The van der Waals surface area contributed by atoms with Gasteiger partial charge in [0.1, 0.15) is 42.3 Å². The van der Waals surface area contributed by atoms with E-state index in [1.165, 1.54) is 18.9 Å². The van der Waals surface area contributed by atoms with E-state index in [0.29, 0.717) is 12.8 Å². The molecule has 0 spiro atoms. The highest BCUT2D eigenvalue weighted by Crippen LogP contribution is 2.18. The van der Waals surface area contributed by atoms with E-state index in [2.05, 4.69) is 37.2 Å². The highest BCUT2D eigenvalue weighted by atomic mass is 16.2. The van der Waals surface area contributed by atoms with Gasteiger partial charge < -0.3 is 42.1 Å². The van der Waals surface area contributed by atoms with E-state index in [9.17, 15) is 38.4 Å². The van der Waals surface area contributed by atoms with E-state index >= 15 is 0 Å². The van der Waals surface area contributed by atoms with Gasteiger partial charge in [-0.2, -0.15) is 0 Å². The van der Waals surface area contributed by atoms with Crippen LogP contribution < -0.4 is 37.2 Å². The van der Waals surface area contributed by atoms with Crippen molar-refractivity contribution >= 4 is 47.3 Å². The summed E-state index contributed by atoms with van der Waals surface area (Å²) in [7, 11) is 1.48. The van der Waals surface area contributed by atoms with E-state index in [4.69, 9.17) is 0 Å². The number of rotatable bonds is 11. The molecule has 0 bridgehead atoms. The standard InChI is InChI=1S/C47H70N8O8/c1-11-29(7)39-45(61)48-26-37(56)49-31(9)41(57)50-34(24-32-19-15-13-16-20-32)42(58)54-40(30(8)12-2)46(62)52-38(28(5)6)47(63)55(10)36(23-27(3)4)44(60)51-35(43(59)53-39)25-33-21-17-14-18-22-33/h13-22,27-31,34-36,38-40H,11-12,23-26H2,1-10H3,(H,48,61)(H,49,56)(H,50,57)(H,51,60)(H,52,62)(H,53,59)(H,54,58)/t29-,30-,31+,34-,35-,36-,38-,39-,40-/m0/s1. The summed E-state index contributed by atoms with van der Waals surface area (Å²) in [6, 6.07) is 10.0. The first-order valence-electron chi connectivity index (χ1n) is 22.2. The zero-order valence-corrected chi connectivity index (χ0v) is 38.6. The molecule has 0 unspecified atom stereocenters. The Bertz CT molecular complexity index is 1880. The third-order valence-corrected chi connectivity index (χ3v) is 11.7. The summed E-state index contributed by atoms with van der Waals surface area (Å²) < 4.78 is 0. The first-order chi connectivity index (χ1) is 29.8. The van der Waals surface area contributed by atoms with E-state index in [1.54, 1.807) is 76.2 Å². The number of benzene rings is 2. The van der Waals surface area contributed by atoms with Crippen LogP contribution in [0, 0.1) is 23.7 Å². The Kier molecular flexibility index (Phi) is 20.2. The van der Waals surface area contributed by atoms with Crippen LogP contribution in [0.25, 0.3) is 0 Å². The zero-order chi connectivity index (χ0) is 47.0. The highest BCUT2D eigenvalue weighted by Gasteiger charge is 2.39. The first-order valence-corrected chi connectivity index (χ1v) is 22.2. The molecule has 0 saturated carbocycles. The molecule has 1 aliphatic heterocycles. The molecule has 8 amide bonds. The fourth-order valence-electron chi connectivity index (χ4n) is 7.25. The van der Waals surface area contributed by atoms with Crippen molar-refractivity contribution < 1.29 is 38.4 Å². The molecule has 7 N–H and O–H groups in total. The summed E-state index contributed by atoms with van der Waals surface area (Å²) in [5, 5.41) is 19.2. The van der Waals surface area contributed by atoms with Crippen LogP contribution >= 0.6 is 0 Å². The lowest BCUT2D eigenvalue weighted by Crippen LogP contribution is -2.62. The fraction of sp³-hybridized carbons (Fsp3) is 0.574. The number of amides is 8. The van der Waals surface area contributed by atoms with Crippen molar-refractivity contribution in [1.29, 1.82) is 0 Å². The molecular formula is C47H70N8O8. The van der Waals surface area contributed by atoms with Crippen molar-refractivity contribution in [3.8, 4) is 0 Å². The molecule has 1 saturated heterocycles. The van der Waals surface area contributed by atoms with Crippen molar-refractivity contribution in [2.75, 3.05) is 13.6 Å². The second kappa shape index (κ2) is 24.7. The van der Waals surface area contributed by atoms with Gasteiger partial charge in [0.25, 0.3) is 0 Å². The molecule has 1 aliphatic rings. The van der Waals surface area contributed by atoms with Crippen molar-refractivity contribution in [2.24, 2.45) is 23.7 Å². The molecule has 3 rings (SSSR count). The van der Waals surface area contributed by atoms with Crippen LogP contribution in [0.5, 0.6) is 0 Å². The predicted octanol–water partition coefficient (Wildman–Crippen LogP) is 2.15. The summed E-state index contributed by atoms with van der Waals surface area (Å²) in [6.07, 6.45) is 1.27. The SMILES string of the molecule is CC[C@H](C)[C@@H]1NC(=O)[C@H](Cc2ccccc2)NC(=O)[C@H](CC(C)C)N(C)C(=O)[C@H](C(C)C)NC(=O)[C@H]([C@@H](C)CC)NC(=O)[C@H](Cc2ccccc2)NC(=O)[C@@H](C)NC(=O)CNC1=O. The largest absolute Gasteiger partial charge is 0.345 e. The number of carbonyl (C=O) groups is 8. The van der Waals surface area contributed by atoms with Crippen molar-refractivity contribution in [3.05, 3.63) is 71.8 Å². The summed E-state index contributed by atoms with van der Waals surface area (Å²) in [6.45, 7) is 15.5. The summed E-state index contributed by atoms with van der Waals surface area (Å²) >= 11 is 0. The monoisotopic (exact) mass is 875 g/mol. The third-order valence-electron chi connectivity index (χ3n) is 11.7. The first kappa shape index (κ1) is 51.5. The highest BCUT2D eigenvalue weighted by molar-refractivity contribution is 5.98. The Morgan fingerprint density at radius 2 is 1.00 bits per heavy atom. The molecular weight excluding hydrogens is 805 g/mol. The molecule has 2 aromatic carbocycles. The molecule has 16 heteroatoms. The van der Waals surface area contributed by atoms with Gasteiger partial charge in [-0.3, -0.25) is 38.4 Å². The summed E-state index contributed by atoms with van der Waals surface area (Å²) in [5.41, 5.74) is 1.45. The quantitative estimate of drug-likeness (QED) is 0.177. The topological polar surface area (TPSA) is 224 Å². The molecule has 16 nitrogen and oxygen atoms in total. The van der Waals surface area contributed by atoms with Crippen LogP contribution in [0.15, 0.2) is 60.7 Å². The maximum absolute atomic E-state index is 14.5. The van der Waals surface area contributed by atoms with Gasteiger partial charge in [0, 0.05) is 19.9 Å². The second-order valence-electron chi connectivity index (χ2n) is 17.6. The van der Waals surface area contributed by atoms with E-state index in [0.717, 1.165) is 11.1 Å². The minimum absolute atomic E-state index is 0.0517. The molecule has 0 aromatic heterocycles. The zero-order valence-electron chi connectivity index (χ0n) is 38.6. The average molecular weight is 875 g/mol. The smallest absolute Gasteiger partial charge is 0.245 e. The Hall–Kier alpha value is -5.80. The number of carbonyl (C=O) groups excluding carboxylic acids is 8. The van der Waals surface area contributed by atoms with Crippen molar-refractivity contribution in [2.45, 2.75) is 137 Å². The van der Waals surface area contributed by atoms with Crippen LogP contribution in [0.3, 0.4) is 0 Å². The lowest BCUT2D eigenvalue weighted by atomic mass is 9.94. The molecule has 1 fully saturated rings. The molecule has 9 atom stereocenters. The van der Waals surface area contributed by atoms with Gasteiger partial charge in [-0.25, -0.2) is 0 Å². The lowest BCUT2D eigenvalue weighted by molar-refractivity contribution is -0.144. The van der Waals surface area contributed by atoms with Crippen LogP contribution in [-0.2, 0) is 51.2 Å². The average Bonchev–Trinajstić information content (AvgIpc) is 3.25. The van der Waals surface area contributed by atoms with Crippen LogP contribution in [-0.4, -0.2) is 108 Å². The number of nitrogens with zero attached hydrogens (tertiary/aromatic N) is 1. The molecule has 2 aromatic rings. The van der Waals surface area contributed by atoms with E-state index < -0.39 is 114 Å². The molecule has 0 radical (unpaired) electrons. The molecule has 1 heterocycles. The van der Waals surface area contributed by atoms with Gasteiger partial charge in [-0.05, 0) is 48.1 Å². The maximum atomic E-state index is 14.5. The normalized spacial score (nSPS) is 25.4. The Morgan fingerprint density at radius 3 is 1.44 bits per heavy atom.